The summed E-state index contributed by atoms with van der Waals surface area (Å²) in [6.45, 7) is 5.87. The molecule has 0 unspecified atom stereocenters. The van der Waals surface area contributed by atoms with Crippen LogP contribution in [-0.4, -0.2) is 52.8 Å². The molecule has 1 heterocycles. The van der Waals surface area contributed by atoms with Crippen molar-refractivity contribution in [2.75, 3.05) is 13.1 Å². The molecule has 4 aromatic rings. The molecule has 3 aromatic carbocycles. The Balaban J connectivity index is 1.31. The van der Waals surface area contributed by atoms with E-state index in [2.05, 4.69) is 25.9 Å². The number of fused-ring (bicyclic) bond motifs is 1. The van der Waals surface area contributed by atoms with Crippen molar-refractivity contribution in [3.8, 4) is 11.1 Å². The van der Waals surface area contributed by atoms with Crippen LogP contribution in [-0.2, 0) is 16.1 Å². The second-order valence-corrected chi connectivity index (χ2v) is 11.0. The summed E-state index contributed by atoms with van der Waals surface area (Å²) in [7, 11) is 0. The number of hydrogen-bond donors (Lipinski definition) is 4. The molecule has 1 atom stereocenters. The lowest BCUT2D eigenvalue weighted by atomic mass is 10.1. The molecule has 11 heteroatoms. The minimum absolute atomic E-state index is 0.106. The maximum atomic E-state index is 13.3. The van der Waals surface area contributed by atoms with Crippen molar-refractivity contribution in [3.05, 3.63) is 90.0 Å². The first kappa shape index (κ1) is 31.0. The molecule has 10 nitrogen and oxygen atoms in total. The second-order valence-electron chi connectivity index (χ2n) is 11.0. The largest absolute Gasteiger partial charge is 0.445 e. The number of halogens is 1. The van der Waals surface area contributed by atoms with E-state index in [4.69, 9.17) is 9.47 Å². The lowest BCUT2D eigenvalue weighted by molar-refractivity contribution is 0.0498. The van der Waals surface area contributed by atoms with E-state index in [1.54, 1.807) is 39.0 Å². The quantitative estimate of drug-likeness (QED) is 0.166. The number of ether oxygens (including phenoxy) is 2. The van der Waals surface area contributed by atoms with Gasteiger partial charge in [-0.2, -0.15) is 0 Å². The number of benzene rings is 3. The highest BCUT2D eigenvalue weighted by Crippen LogP contribution is 2.23. The van der Waals surface area contributed by atoms with E-state index in [1.165, 1.54) is 12.1 Å². The van der Waals surface area contributed by atoms with Crippen LogP contribution in [0.25, 0.3) is 22.2 Å². The Bertz CT molecular complexity index is 1530. The number of aromatic amines is 1. The van der Waals surface area contributed by atoms with Crippen molar-refractivity contribution < 1.29 is 28.2 Å². The van der Waals surface area contributed by atoms with Crippen molar-refractivity contribution >= 4 is 29.1 Å². The number of nitrogens with zero attached hydrogens (tertiary/aromatic N) is 1. The van der Waals surface area contributed by atoms with Gasteiger partial charge in [-0.15, -0.1) is 0 Å². The first-order valence-corrected chi connectivity index (χ1v) is 14.0. The van der Waals surface area contributed by atoms with Gasteiger partial charge in [-0.25, -0.2) is 19.0 Å². The molecule has 0 saturated heterocycles. The van der Waals surface area contributed by atoms with Gasteiger partial charge >= 0.3 is 12.2 Å². The molecule has 3 amide bonds. The summed E-state index contributed by atoms with van der Waals surface area (Å²) in [5, 5.41) is 8.30. The lowest BCUT2D eigenvalue weighted by Crippen LogP contribution is -2.46. The topological polar surface area (TPSA) is 134 Å². The second kappa shape index (κ2) is 14.3. The predicted octanol–water partition coefficient (Wildman–Crippen LogP) is 5.70. The van der Waals surface area contributed by atoms with Crippen molar-refractivity contribution in [1.29, 1.82) is 0 Å². The zero-order valence-corrected chi connectivity index (χ0v) is 24.4. The van der Waals surface area contributed by atoms with Crippen LogP contribution >= 0.6 is 0 Å². The number of rotatable bonds is 11. The number of aromatic nitrogens is 2. The third kappa shape index (κ3) is 9.84. The van der Waals surface area contributed by atoms with E-state index in [-0.39, 0.29) is 24.8 Å². The standard InChI is InChI=1S/C32H36FN5O5/c1-32(2,3)43-31(41)36-25(10-7-17-34-30(40)42-20-21-8-5-4-6-9-21)19-35-29(39)28-37-26-16-13-23(18-27(26)38-28)22-11-14-24(33)15-12-22/h4-6,8-9,11-16,18,25H,7,10,17,19-20H2,1-3H3,(H,34,40)(H,35,39)(H,36,41)(H,37,38)/t25-/m1/s1. The number of H-pyrrole nitrogens is 1. The van der Waals surface area contributed by atoms with Gasteiger partial charge in [0.1, 0.15) is 18.0 Å². The highest BCUT2D eigenvalue weighted by molar-refractivity contribution is 5.95. The average molecular weight is 590 g/mol. The Morgan fingerprint density at radius 2 is 1.65 bits per heavy atom. The minimum Gasteiger partial charge on any atom is -0.445 e. The number of nitrogens with one attached hydrogen (secondary N) is 4. The summed E-state index contributed by atoms with van der Waals surface area (Å²) in [6, 6.07) is 20.5. The lowest BCUT2D eigenvalue weighted by Gasteiger charge is -2.24. The van der Waals surface area contributed by atoms with Crippen molar-refractivity contribution in [1.82, 2.24) is 25.9 Å². The molecule has 4 N–H and O–H groups in total. The van der Waals surface area contributed by atoms with Gasteiger partial charge in [0.15, 0.2) is 5.82 Å². The van der Waals surface area contributed by atoms with E-state index in [9.17, 15) is 18.8 Å². The SMILES string of the molecule is CC(C)(C)OC(=O)N[C@H](CCCNC(=O)OCc1ccccc1)CNC(=O)c1nc2ccc(-c3ccc(F)cc3)cc2[nH]1. The maximum Gasteiger partial charge on any atom is 0.407 e. The van der Waals surface area contributed by atoms with Crippen LogP contribution in [0, 0.1) is 5.82 Å². The number of amides is 3. The number of alkyl carbamates (subject to hydrolysis) is 2. The molecule has 0 spiro atoms. The van der Waals surface area contributed by atoms with Crippen molar-refractivity contribution in [2.45, 2.75) is 51.9 Å². The van der Waals surface area contributed by atoms with Crippen molar-refractivity contribution in [3.63, 3.8) is 0 Å². The van der Waals surface area contributed by atoms with Gasteiger partial charge in [-0.1, -0.05) is 48.5 Å². The summed E-state index contributed by atoms with van der Waals surface area (Å²) in [5.41, 5.74) is 3.13. The third-order valence-electron chi connectivity index (χ3n) is 6.32. The Labute approximate surface area is 249 Å². The van der Waals surface area contributed by atoms with Crippen molar-refractivity contribution in [2.24, 2.45) is 0 Å². The summed E-state index contributed by atoms with van der Waals surface area (Å²) in [6.07, 6.45) is -0.201. The number of carbonyl (C=O) groups excluding carboxylic acids is 3. The molecule has 0 saturated carbocycles. The van der Waals surface area contributed by atoms with Crippen LogP contribution in [0.3, 0.4) is 0 Å². The molecular weight excluding hydrogens is 553 g/mol. The molecule has 1 aromatic heterocycles. The smallest absolute Gasteiger partial charge is 0.407 e. The number of imidazole rings is 1. The van der Waals surface area contributed by atoms with Gasteiger partial charge in [-0.3, -0.25) is 4.79 Å². The van der Waals surface area contributed by atoms with Gasteiger partial charge in [-0.05, 0) is 74.6 Å². The number of carbonyl (C=O) groups is 3. The van der Waals surface area contributed by atoms with Gasteiger partial charge in [0.05, 0.1) is 11.0 Å². The highest BCUT2D eigenvalue weighted by atomic mass is 19.1. The normalized spacial score (nSPS) is 11.9. The molecule has 0 radical (unpaired) electrons. The van der Waals surface area contributed by atoms with E-state index in [0.717, 1.165) is 16.7 Å². The zero-order valence-electron chi connectivity index (χ0n) is 24.4. The van der Waals surface area contributed by atoms with E-state index in [1.807, 2.05) is 42.5 Å². The first-order valence-electron chi connectivity index (χ1n) is 14.0. The van der Waals surface area contributed by atoms with Gasteiger partial charge in [0.2, 0.25) is 0 Å². The third-order valence-corrected chi connectivity index (χ3v) is 6.32. The van der Waals surface area contributed by atoms with Gasteiger partial charge in [0.25, 0.3) is 5.91 Å². The number of hydrogen-bond acceptors (Lipinski definition) is 6. The Kier molecular flexibility index (Phi) is 10.3. The Hall–Kier alpha value is -4.93. The molecule has 0 fully saturated rings. The van der Waals surface area contributed by atoms with Crippen LogP contribution < -0.4 is 16.0 Å². The van der Waals surface area contributed by atoms with Crippen LogP contribution in [0.1, 0.15) is 49.8 Å². The van der Waals surface area contributed by atoms with Gasteiger partial charge < -0.3 is 30.4 Å². The highest BCUT2D eigenvalue weighted by Gasteiger charge is 2.21. The molecule has 0 bridgehead atoms. The van der Waals surface area contributed by atoms with Gasteiger partial charge in [0, 0.05) is 19.1 Å². The summed E-state index contributed by atoms with van der Waals surface area (Å²) >= 11 is 0. The molecule has 0 aliphatic heterocycles. The molecule has 0 aliphatic rings. The fourth-order valence-corrected chi connectivity index (χ4v) is 4.25. The summed E-state index contributed by atoms with van der Waals surface area (Å²) in [4.78, 5) is 44.9. The minimum atomic E-state index is -0.691. The van der Waals surface area contributed by atoms with Crippen LogP contribution in [0.15, 0.2) is 72.8 Å². The fraction of sp³-hybridized carbons (Fsp3) is 0.312. The van der Waals surface area contributed by atoms with E-state index in [0.29, 0.717) is 30.4 Å². The fourth-order valence-electron chi connectivity index (χ4n) is 4.25. The van der Waals surface area contributed by atoms with Crippen LogP contribution in [0.2, 0.25) is 0 Å². The van der Waals surface area contributed by atoms with Crippen LogP contribution in [0.5, 0.6) is 0 Å². The zero-order chi connectivity index (χ0) is 30.8. The summed E-state index contributed by atoms with van der Waals surface area (Å²) < 4.78 is 23.9. The molecule has 43 heavy (non-hydrogen) atoms. The van der Waals surface area contributed by atoms with E-state index < -0.39 is 29.7 Å². The Morgan fingerprint density at radius 3 is 2.37 bits per heavy atom. The maximum absolute atomic E-state index is 13.3. The first-order chi connectivity index (χ1) is 20.6. The van der Waals surface area contributed by atoms with Crippen LogP contribution in [0.4, 0.5) is 14.0 Å². The molecule has 226 valence electrons. The summed E-state index contributed by atoms with van der Waals surface area (Å²) in [5.74, 6) is -0.648. The molecule has 4 rings (SSSR count). The molecule has 0 aliphatic carbocycles. The average Bonchev–Trinajstić information content (AvgIpc) is 3.40. The molecular formula is C32H36FN5O5. The predicted molar refractivity (Wildman–Crippen MR) is 161 cm³/mol. The monoisotopic (exact) mass is 589 g/mol. The Morgan fingerprint density at radius 1 is 0.930 bits per heavy atom. The van der Waals surface area contributed by atoms with E-state index >= 15 is 0 Å².